The van der Waals surface area contributed by atoms with Crippen molar-refractivity contribution in [3.63, 3.8) is 0 Å². The molecule has 3 nitrogen and oxygen atoms in total. The van der Waals surface area contributed by atoms with E-state index < -0.39 is 11.4 Å². The number of hydrogen-bond donors (Lipinski definition) is 1. The first-order valence-electron chi connectivity index (χ1n) is 3.79. The highest BCUT2D eigenvalue weighted by Crippen LogP contribution is 2.18. The molecule has 66 valence electrons. The zero-order valence-corrected chi connectivity index (χ0v) is 7.62. The van der Waals surface area contributed by atoms with Gasteiger partial charge in [0.25, 0.3) is 0 Å². The molecule has 0 bridgehead atoms. The second-order valence-electron chi connectivity index (χ2n) is 2.63. The summed E-state index contributed by atoms with van der Waals surface area (Å²) in [6, 6.07) is 9.22. The summed E-state index contributed by atoms with van der Waals surface area (Å²) in [6.45, 7) is 0. The lowest BCUT2D eigenvalue weighted by atomic mass is 10.2. The molecule has 2 N–H and O–H groups in total. The molecule has 0 saturated carbocycles. The number of hydrogen-bond acceptors (Lipinski definition) is 3. The summed E-state index contributed by atoms with van der Waals surface area (Å²) in [6.07, 6.45) is 1.67. The summed E-state index contributed by atoms with van der Waals surface area (Å²) < 4.78 is 11.1. The second kappa shape index (κ2) is 3.33. The Bertz CT molecular complexity index is 425. The van der Waals surface area contributed by atoms with Crippen LogP contribution in [0.2, 0.25) is 0 Å². The van der Waals surface area contributed by atoms with E-state index in [1.807, 2.05) is 24.3 Å². The highest BCUT2D eigenvalue weighted by atomic mass is 32.2. The van der Waals surface area contributed by atoms with Gasteiger partial charge in [0.2, 0.25) is 0 Å². The molecule has 4 heteroatoms. The van der Waals surface area contributed by atoms with Gasteiger partial charge < -0.3 is 4.55 Å². The first kappa shape index (κ1) is 8.50. The molecule has 0 fully saturated rings. The van der Waals surface area contributed by atoms with Gasteiger partial charge in [-0.15, -0.1) is 5.14 Å². The third kappa shape index (κ3) is 1.51. The first-order valence-corrected chi connectivity index (χ1v) is 5.00. The Morgan fingerprint density at radius 1 is 1.23 bits per heavy atom. The molecule has 0 aliphatic rings. The van der Waals surface area contributed by atoms with Gasteiger partial charge in [-0.05, 0) is 12.1 Å². The number of nitrogens with zero attached hydrogens (tertiary/aromatic N) is 1. The minimum Gasteiger partial charge on any atom is -0.593 e. The number of aromatic nitrogens is 1. The van der Waals surface area contributed by atoms with Crippen LogP contribution < -0.4 is 5.14 Å². The van der Waals surface area contributed by atoms with Crippen molar-refractivity contribution in [2.45, 2.75) is 4.90 Å². The molecule has 0 radical (unpaired) electrons. The highest BCUT2D eigenvalue weighted by Gasteiger charge is 2.10. The standard InChI is InChI=1S/C9H8N2OS/c10-13(12)8-5-1-3-7-4-2-6-11-9(7)8/h1-6H,10H2. The van der Waals surface area contributed by atoms with E-state index in [-0.39, 0.29) is 0 Å². The number of rotatable bonds is 1. The minimum atomic E-state index is -1.47. The van der Waals surface area contributed by atoms with E-state index in [9.17, 15) is 4.55 Å². The Balaban J connectivity index is 2.76. The molecule has 1 unspecified atom stereocenters. The average molecular weight is 192 g/mol. The molecular weight excluding hydrogens is 184 g/mol. The topological polar surface area (TPSA) is 62.0 Å². The van der Waals surface area contributed by atoms with E-state index >= 15 is 0 Å². The van der Waals surface area contributed by atoms with Gasteiger partial charge in [0.05, 0.1) is 11.4 Å². The second-order valence-corrected chi connectivity index (χ2v) is 3.66. The third-order valence-corrected chi connectivity index (χ3v) is 2.58. The van der Waals surface area contributed by atoms with Gasteiger partial charge in [-0.1, -0.05) is 18.2 Å². The van der Waals surface area contributed by atoms with Crippen molar-refractivity contribution in [2.24, 2.45) is 5.14 Å². The molecule has 1 heterocycles. The Hall–Kier alpha value is -1.10. The van der Waals surface area contributed by atoms with Crippen molar-refractivity contribution in [3.8, 4) is 0 Å². The van der Waals surface area contributed by atoms with Crippen molar-refractivity contribution < 1.29 is 4.55 Å². The molecule has 1 aromatic heterocycles. The van der Waals surface area contributed by atoms with Crippen LogP contribution in [0, 0.1) is 0 Å². The Kier molecular flexibility index (Phi) is 2.18. The maximum atomic E-state index is 11.1. The van der Waals surface area contributed by atoms with Gasteiger partial charge in [0, 0.05) is 11.6 Å². The van der Waals surface area contributed by atoms with Crippen LogP contribution in [0.5, 0.6) is 0 Å². The molecule has 0 aliphatic heterocycles. The van der Waals surface area contributed by atoms with Crippen LogP contribution in [-0.2, 0) is 11.4 Å². The quantitative estimate of drug-likeness (QED) is 0.691. The fourth-order valence-corrected chi connectivity index (χ4v) is 1.81. The van der Waals surface area contributed by atoms with Crippen molar-refractivity contribution in [1.29, 1.82) is 0 Å². The van der Waals surface area contributed by atoms with E-state index in [0.717, 1.165) is 5.39 Å². The summed E-state index contributed by atoms with van der Waals surface area (Å²) >= 11 is -1.47. The van der Waals surface area contributed by atoms with Crippen molar-refractivity contribution in [1.82, 2.24) is 4.98 Å². The zero-order valence-electron chi connectivity index (χ0n) is 6.81. The van der Waals surface area contributed by atoms with Gasteiger partial charge in [-0.2, -0.15) is 0 Å². The molecule has 0 amide bonds. The smallest absolute Gasteiger partial charge is 0.199 e. The highest BCUT2D eigenvalue weighted by molar-refractivity contribution is 7.89. The summed E-state index contributed by atoms with van der Waals surface area (Å²) in [5.74, 6) is 0. The molecule has 0 saturated heterocycles. The van der Waals surface area contributed by atoms with Gasteiger partial charge in [0.15, 0.2) is 4.90 Å². The fourth-order valence-electron chi connectivity index (χ4n) is 1.24. The van der Waals surface area contributed by atoms with Gasteiger partial charge in [0.1, 0.15) is 5.52 Å². The first-order chi connectivity index (χ1) is 6.29. The Labute approximate surface area is 78.9 Å². The minimum absolute atomic E-state index is 0.582. The monoisotopic (exact) mass is 192 g/mol. The van der Waals surface area contributed by atoms with Crippen LogP contribution in [0.25, 0.3) is 10.9 Å². The SMILES string of the molecule is N[S+]([O-])c1cccc2cccnc12. The van der Waals surface area contributed by atoms with E-state index in [1.54, 1.807) is 12.3 Å². The summed E-state index contributed by atoms with van der Waals surface area (Å²) in [7, 11) is 0. The fraction of sp³-hybridized carbons (Fsp3) is 0. The lowest BCUT2D eigenvalue weighted by Crippen LogP contribution is -2.12. The Morgan fingerprint density at radius 2 is 2.00 bits per heavy atom. The van der Waals surface area contributed by atoms with Crippen LogP contribution in [0.4, 0.5) is 0 Å². The summed E-state index contributed by atoms with van der Waals surface area (Å²) in [5.41, 5.74) is 0.714. The summed E-state index contributed by atoms with van der Waals surface area (Å²) in [4.78, 5) is 4.71. The third-order valence-electron chi connectivity index (χ3n) is 1.81. The van der Waals surface area contributed by atoms with E-state index in [0.29, 0.717) is 10.4 Å². The van der Waals surface area contributed by atoms with Crippen molar-refractivity contribution >= 4 is 22.3 Å². The number of para-hydroxylation sites is 1. The van der Waals surface area contributed by atoms with E-state index in [2.05, 4.69) is 4.98 Å². The normalized spacial score (nSPS) is 13.1. The van der Waals surface area contributed by atoms with Gasteiger partial charge in [-0.3, -0.25) is 4.98 Å². The maximum absolute atomic E-state index is 11.1. The molecular formula is C9H8N2OS. The number of nitrogens with two attached hydrogens (primary N) is 1. The number of benzene rings is 1. The molecule has 2 rings (SSSR count). The zero-order chi connectivity index (χ0) is 9.26. The summed E-state index contributed by atoms with van der Waals surface area (Å²) in [5, 5.41) is 6.27. The van der Waals surface area contributed by atoms with Crippen LogP contribution in [0.1, 0.15) is 0 Å². The van der Waals surface area contributed by atoms with Crippen molar-refractivity contribution in [3.05, 3.63) is 36.5 Å². The lowest BCUT2D eigenvalue weighted by molar-refractivity contribution is 0.597. The molecule has 2 aromatic rings. The van der Waals surface area contributed by atoms with E-state index in [1.165, 1.54) is 0 Å². The lowest BCUT2D eigenvalue weighted by Gasteiger charge is -2.04. The predicted molar refractivity (Wildman–Crippen MR) is 52.3 cm³/mol. The molecule has 0 spiro atoms. The molecule has 13 heavy (non-hydrogen) atoms. The van der Waals surface area contributed by atoms with Crippen LogP contribution >= 0.6 is 0 Å². The molecule has 1 aromatic carbocycles. The van der Waals surface area contributed by atoms with Gasteiger partial charge in [-0.25, -0.2) is 0 Å². The largest absolute Gasteiger partial charge is 0.593 e. The molecule has 0 aliphatic carbocycles. The average Bonchev–Trinajstić information content (AvgIpc) is 2.17. The number of pyridine rings is 1. The maximum Gasteiger partial charge on any atom is 0.199 e. The van der Waals surface area contributed by atoms with E-state index in [4.69, 9.17) is 5.14 Å². The molecule has 1 atom stereocenters. The van der Waals surface area contributed by atoms with Crippen LogP contribution in [0.15, 0.2) is 41.4 Å². The van der Waals surface area contributed by atoms with Crippen LogP contribution in [0.3, 0.4) is 0 Å². The van der Waals surface area contributed by atoms with Crippen LogP contribution in [-0.4, -0.2) is 9.54 Å². The van der Waals surface area contributed by atoms with Gasteiger partial charge >= 0.3 is 0 Å². The Morgan fingerprint density at radius 3 is 2.77 bits per heavy atom. The predicted octanol–water partition coefficient (Wildman–Crippen LogP) is 1.22. The van der Waals surface area contributed by atoms with Crippen molar-refractivity contribution in [2.75, 3.05) is 0 Å². The number of fused-ring (bicyclic) bond motifs is 1.